The summed E-state index contributed by atoms with van der Waals surface area (Å²) in [5.41, 5.74) is 0. The Labute approximate surface area is 261 Å². The molecule has 0 rings (SSSR count). The first-order chi connectivity index (χ1) is 19.4. The van der Waals surface area contributed by atoms with Gasteiger partial charge >= 0.3 is 0 Å². The first-order valence-electron chi connectivity index (χ1n) is 17.8. The largest absolute Gasteiger partial charge is 0.790 e. The van der Waals surface area contributed by atoms with Crippen LogP contribution in [0.3, 0.4) is 0 Å². The lowest BCUT2D eigenvalue weighted by Crippen LogP contribution is -2.16. The van der Waals surface area contributed by atoms with E-state index in [1.165, 1.54) is 96.3 Å². The predicted octanol–water partition coefficient (Wildman–Crippen LogP) is 11.3. The van der Waals surface area contributed by atoms with Crippen molar-refractivity contribution in [2.45, 2.75) is 164 Å². The number of phosphoric ester groups is 1. The average molecular weight is 643 g/mol. The molecule has 0 unspecified atom stereocenters. The summed E-state index contributed by atoms with van der Waals surface area (Å²) in [5.74, 6) is 0. The summed E-state index contributed by atoms with van der Waals surface area (Å²) in [6, 6.07) is 0. The molecule has 0 radical (unpaired) electrons. The molecular formula is C34H77O4P3. The van der Waals surface area contributed by atoms with Gasteiger partial charge in [-0.05, 0) is 44.9 Å². The Morgan fingerprint density at radius 3 is 0.927 bits per heavy atom. The molecule has 7 heteroatoms. The normalized spacial score (nSPS) is 12.0. The van der Waals surface area contributed by atoms with Gasteiger partial charge in [0.2, 0.25) is 0 Å². The van der Waals surface area contributed by atoms with E-state index in [2.05, 4.69) is 66.3 Å². The maximum atomic E-state index is 10.0. The van der Waals surface area contributed by atoms with Crippen molar-refractivity contribution in [1.82, 2.24) is 0 Å². The van der Waals surface area contributed by atoms with E-state index in [0.717, 1.165) is 12.8 Å². The van der Waals surface area contributed by atoms with Crippen molar-refractivity contribution in [2.24, 2.45) is 0 Å². The Kier molecular flexibility index (Phi) is 36.6. The van der Waals surface area contributed by atoms with Crippen molar-refractivity contribution >= 4 is 22.3 Å². The first kappa shape index (κ1) is 46.4. The van der Waals surface area contributed by atoms with Gasteiger partial charge in [0.15, 0.2) is 0 Å². The summed E-state index contributed by atoms with van der Waals surface area (Å²) in [6.07, 6.45) is 32.7. The van der Waals surface area contributed by atoms with Crippen LogP contribution in [0.15, 0.2) is 0 Å². The van der Waals surface area contributed by atoms with Crippen LogP contribution in [-0.2, 0) is 9.09 Å². The fourth-order valence-corrected chi connectivity index (χ4v) is 13.1. The van der Waals surface area contributed by atoms with Gasteiger partial charge in [-0.15, -0.1) is 0 Å². The van der Waals surface area contributed by atoms with E-state index in [1.807, 2.05) is 0 Å². The van der Waals surface area contributed by atoms with Crippen molar-refractivity contribution in [3.63, 3.8) is 0 Å². The summed E-state index contributed by atoms with van der Waals surface area (Å²) < 4.78 is 14.1. The van der Waals surface area contributed by atoms with E-state index < -0.39 is 22.3 Å². The molecule has 0 bridgehead atoms. The van der Waals surface area contributed by atoms with E-state index in [-0.39, 0.29) is 6.61 Å². The van der Waals surface area contributed by atoms with Crippen molar-refractivity contribution in [1.29, 1.82) is 0 Å². The summed E-state index contributed by atoms with van der Waals surface area (Å²) in [4.78, 5) is 20.0. The molecule has 0 aliphatic carbocycles. The van der Waals surface area contributed by atoms with E-state index >= 15 is 0 Å². The van der Waals surface area contributed by atoms with Crippen LogP contribution in [0, 0.1) is 0 Å². The van der Waals surface area contributed by atoms with Crippen molar-refractivity contribution < 1.29 is 18.9 Å². The number of phosphoric acid groups is 1. The molecule has 0 atom stereocenters. The van der Waals surface area contributed by atoms with Crippen LogP contribution in [0.2, 0.25) is 0 Å². The molecular weight excluding hydrogens is 565 g/mol. The monoisotopic (exact) mass is 643 g/mol. The van der Waals surface area contributed by atoms with Crippen molar-refractivity contribution in [2.75, 3.05) is 56.9 Å². The van der Waals surface area contributed by atoms with Crippen LogP contribution in [0.1, 0.15) is 164 Å². The molecule has 0 aliphatic heterocycles. The molecule has 0 aromatic heterocycles. The van der Waals surface area contributed by atoms with Gasteiger partial charge < -0.3 is 18.9 Å². The minimum absolute atomic E-state index is 0.0381. The lowest BCUT2D eigenvalue weighted by atomic mass is 10.1. The topological polar surface area (TPSA) is 72.4 Å². The Morgan fingerprint density at radius 1 is 0.439 bits per heavy atom. The molecule has 0 fully saturated rings. The summed E-state index contributed by atoms with van der Waals surface area (Å²) in [7, 11) is -5.76. The molecule has 0 amide bonds. The fourth-order valence-electron chi connectivity index (χ4n) is 4.97. The van der Waals surface area contributed by atoms with Gasteiger partial charge in [-0.25, -0.2) is 0 Å². The van der Waals surface area contributed by atoms with Crippen molar-refractivity contribution in [3.05, 3.63) is 0 Å². The second-order valence-corrected chi connectivity index (χ2v) is 23.1. The molecule has 0 aromatic rings. The Balaban J connectivity index is -0.000000529. The third kappa shape index (κ3) is 37.1. The van der Waals surface area contributed by atoms with Crippen LogP contribution in [-0.4, -0.2) is 56.9 Å². The Hall–Kier alpha value is 0.970. The first-order valence-corrected chi connectivity index (χ1v) is 24.8. The molecule has 0 N–H and O–H groups in total. The molecule has 41 heavy (non-hydrogen) atoms. The lowest BCUT2D eigenvalue weighted by Gasteiger charge is -2.28. The maximum absolute atomic E-state index is 10.0. The van der Waals surface area contributed by atoms with E-state index in [0.29, 0.717) is 6.42 Å². The van der Waals surface area contributed by atoms with E-state index in [1.54, 1.807) is 37.0 Å². The van der Waals surface area contributed by atoms with Crippen LogP contribution < -0.4 is 9.79 Å². The molecule has 0 heterocycles. The van der Waals surface area contributed by atoms with Gasteiger partial charge in [-0.1, -0.05) is 119 Å². The number of unbranched alkanes of at least 4 members (excludes halogenated alkanes) is 11. The lowest BCUT2D eigenvalue weighted by molar-refractivity contribution is -0.341. The minimum atomic E-state index is -4.73. The average Bonchev–Trinajstić information content (AvgIpc) is 2.94. The van der Waals surface area contributed by atoms with Gasteiger partial charge in [0.05, 0.1) is 51.4 Å². The van der Waals surface area contributed by atoms with Crippen LogP contribution in [0.5, 0.6) is 0 Å². The quantitative estimate of drug-likeness (QED) is 0.0695. The zero-order valence-electron chi connectivity index (χ0n) is 29.7. The maximum Gasteiger partial charge on any atom is 0.0596 e. The zero-order valence-corrected chi connectivity index (χ0v) is 32.3. The van der Waals surface area contributed by atoms with Crippen LogP contribution in [0.4, 0.5) is 0 Å². The molecule has 0 saturated carbocycles. The van der Waals surface area contributed by atoms with Crippen molar-refractivity contribution in [3.8, 4) is 0 Å². The highest BCUT2D eigenvalue weighted by Gasteiger charge is 2.29. The zero-order chi connectivity index (χ0) is 31.9. The molecule has 4 nitrogen and oxygen atoms in total. The number of rotatable bonds is 26. The van der Waals surface area contributed by atoms with E-state index in [9.17, 15) is 14.4 Å². The molecule has 0 aliphatic rings. The Bertz CT molecular complexity index is 481. The highest BCUT2D eigenvalue weighted by atomic mass is 31.2. The van der Waals surface area contributed by atoms with Crippen LogP contribution in [0.25, 0.3) is 0 Å². The second-order valence-electron chi connectivity index (χ2n) is 12.8. The molecule has 0 saturated heterocycles. The fraction of sp³-hybridized carbons (Fsp3) is 1.00. The predicted molar refractivity (Wildman–Crippen MR) is 191 cm³/mol. The second kappa shape index (κ2) is 32.4. The SMILES string of the molecule is CCCCCCCCOP(=O)([O-])[O-].CCCC[P+](C)(CCCC)CCCC.CCCC[P+](C)(CCCC)CCCC. The Morgan fingerprint density at radius 2 is 0.683 bits per heavy atom. The third-order valence-corrected chi connectivity index (χ3v) is 16.9. The standard InChI is InChI=1S/2C13H30P.C8H19O4P/c2*1-5-8-11-14(4,12-9-6-2)13-10-7-3;1-2-3-4-5-6-7-8-12-13(9,10)11/h2*5-13H2,1-4H3;2-8H2,1H3,(H2,9,10,11)/q2*+1;/p-2. The molecule has 0 aromatic carbocycles. The third-order valence-electron chi connectivity index (χ3n) is 8.06. The number of hydrogen-bond acceptors (Lipinski definition) is 4. The number of hydrogen-bond donors (Lipinski definition) is 0. The minimum Gasteiger partial charge on any atom is -0.790 e. The van der Waals surface area contributed by atoms with Gasteiger partial charge in [-0.2, -0.15) is 0 Å². The van der Waals surface area contributed by atoms with Gasteiger partial charge in [0.1, 0.15) is 0 Å². The van der Waals surface area contributed by atoms with Gasteiger partial charge in [0.25, 0.3) is 0 Å². The van der Waals surface area contributed by atoms with Crippen LogP contribution >= 0.6 is 22.3 Å². The summed E-state index contributed by atoms with van der Waals surface area (Å²) >= 11 is 0. The summed E-state index contributed by atoms with van der Waals surface area (Å²) in [6.45, 7) is 21.3. The summed E-state index contributed by atoms with van der Waals surface area (Å²) in [5, 5.41) is 0. The molecule has 252 valence electrons. The van der Waals surface area contributed by atoms with Gasteiger partial charge in [-0.3, -0.25) is 0 Å². The highest BCUT2D eigenvalue weighted by molar-refractivity contribution is 7.75. The van der Waals surface area contributed by atoms with Gasteiger partial charge in [0, 0.05) is 27.9 Å². The molecule has 0 spiro atoms. The van der Waals surface area contributed by atoms with E-state index in [4.69, 9.17) is 0 Å². The highest BCUT2D eigenvalue weighted by Crippen LogP contribution is 2.57. The smallest absolute Gasteiger partial charge is 0.0596 e.